The maximum Gasteiger partial charge on any atom is 0.433 e. The standard InChI is InChI=1S/C28H27F3N4O4/c1-18-23(33-26(39-18)21-8-4-3-5-9-21)17-38-22-10-6-7-19(14-22)13-20(15-25(36)37)16-35(2)27-32-12-11-24(34-27)28(29,30)31/h3-12,14,20H,13,15-17H2,1-2H3,(H,36,37)/t20-/m0/s1. The minimum absolute atomic E-state index is 0.129. The SMILES string of the molecule is Cc1oc(-c2ccccc2)nc1COc1cccc(C[C@@H](CC(=O)O)CN(C)c2nccc(C(F)(F)F)n2)c1. The predicted octanol–water partition coefficient (Wildman–Crippen LogP) is 5.81. The van der Waals surface area contributed by atoms with E-state index in [2.05, 4.69) is 15.0 Å². The largest absolute Gasteiger partial charge is 0.487 e. The zero-order valence-electron chi connectivity index (χ0n) is 21.4. The molecule has 0 aliphatic heterocycles. The van der Waals surface area contributed by atoms with Crippen LogP contribution in [0.15, 0.2) is 71.3 Å². The zero-order chi connectivity index (χ0) is 28.0. The van der Waals surface area contributed by atoms with Crippen LogP contribution in [0.3, 0.4) is 0 Å². The number of alkyl halides is 3. The van der Waals surface area contributed by atoms with Gasteiger partial charge in [0.25, 0.3) is 0 Å². The van der Waals surface area contributed by atoms with E-state index >= 15 is 0 Å². The Balaban J connectivity index is 1.43. The topological polar surface area (TPSA) is 102 Å². The summed E-state index contributed by atoms with van der Waals surface area (Å²) in [4.78, 5) is 25.0. The molecule has 4 aromatic rings. The van der Waals surface area contributed by atoms with E-state index in [1.165, 1.54) is 11.9 Å². The van der Waals surface area contributed by atoms with Gasteiger partial charge in [0.1, 0.15) is 29.5 Å². The van der Waals surface area contributed by atoms with Gasteiger partial charge in [-0.05, 0) is 55.2 Å². The highest BCUT2D eigenvalue weighted by atomic mass is 19.4. The van der Waals surface area contributed by atoms with Crippen molar-refractivity contribution in [3.63, 3.8) is 0 Å². The van der Waals surface area contributed by atoms with Crippen molar-refractivity contribution in [3.05, 3.63) is 89.6 Å². The highest BCUT2D eigenvalue weighted by Gasteiger charge is 2.33. The summed E-state index contributed by atoms with van der Waals surface area (Å²) < 4.78 is 50.9. The number of hydrogen-bond acceptors (Lipinski definition) is 7. The van der Waals surface area contributed by atoms with Crippen LogP contribution in [0.4, 0.5) is 19.1 Å². The van der Waals surface area contributed by atoms with Gasteiger partial charge in [0, 0.05) is 25.4 Å². The molecule has 39 heavy (non-hydrogen) atoms. The third kappa shape index (κ3) is 7.56. The van der Waals surface area contributed by atoms with Gasteiger partial charge < -0.3 is 19.2 Å². The number of aliphatic carboxylic acids is 1. The van der Waals surface area contributed by atoms with E-state index in [1.807, 2.05) is 49.4 Å². The first-order valence-corrected chi connectivity index (χ1v) is 12.1. The molecule has 11 heteroatoms. The number of anilines is 1. The number of oxazole rings is 1. The molecule has 0 fully saturated rings. The van der Waals surface area contributed by atoms with Crippen molar-refractivity contribution in [1.82, 2.24) is 15.0 Å². The molecule has 4 rings (SSSR count). The van der Waals surface area contributed by atoms with E-state index in [0.29, 0.717) is 29.5 Å². The van der Waals surface area contributed by atoms with Gasteiger partial charge in [0.05, 0.1) is 6.42 Å². The van der Waals surface area contributed by atoms with Gasteiger partial charge in [-0.1, -0.05) is 30.3 Å². The lowest BCUT2D eigenvalue weighted by Gasteiger charge is -2.24. The summed E-state index contributed by atoms with van der Waals surface area (Å²) in [6.07, 6.45) is -3.40. The lowest BCUT2D eigenvalue weighted by atomic mass is 9.95. The lowest BCUT2D eigenvalue weighted by Crippen LogP contribution is -2.30. The minimum Gasteiger partial charge on any atom is -0.487 e. The van der Waals surface area contributed by atoms with Crippen molar-refractivity contribution in [1.29, 1.82) is 0 Å². The molecule has 0 bridgehead atoms. The second-order valence-electron chi connectivity index (χ2n) is 9.11. The Labute approximate surface area is 223 Å². The molecule has 2 aromatic heterocycles. The Hall–Kier alpha value is -4.41. The van der Waals surface area contributed by atoms with Crippen LogP contribution in [-0.2, 0) is 24.0 Å². The number of nitrogens with zero attached hydrogens (tertiary/aromatic N) is 4. The summed E-state index contributed by atoms with van der Waals surface area (Å²) in [5.74, 6) is 0.153. The van der Waals surface area contributed by atoms with Crippen LogP contribution in [0.1, 0.15) is 29.1 Å². The number of benzene rings is 2. The minimum atomic E-state index is -4.60. The summed E-state index contributed by atoms with van der Waals surface area (Å²) in [5, 5.41) is 9.43. The molecule has 2 aromatic carbocycles. The van der Waals surface area contributed by atoms with Crippen molar-refractivity contribution in [2.75, 3.05) is 18.5 Å². The molecule has 0 saturated carbocycles. The van der Waals surface area contributed by atoms with Crippen molar-refractivity contribution >= 4 is 11.9 Å². The second kappa shape index (κ2) is 12.0. The van der Waals surface area contributed by atoms with Crippen LogP contribution < -0.4 is 9.64 Å². The van der Waals surface area contributed by atoms with Gasteiger partial charge in [0.2, 0.25) is 11.8 Å². The van der Waals surface area contributed by atoms with Gasteiger partial charge in [-0.15, -0.1) is 0 Å². The fourth-order valence-electron chi connectivity index (χ4n) is 4.12. The molecule has 0 aliphatic carbocycles. The lowest BCUT2D eigenvalue weighted by molar-refractivity contribution is -0.141. The van der Waals surface area contributed by atoms with Gasteiger partial charge in [0.15, 0.2) is 0 Å². The predicted molar refractivity (Wildman–Crippen MR) is 137 cm³/mol. The summed E-state index contributed by atoms with van der Waals surface area (Å²) in [5.41, 5.74) is 1.28. The Bertz CT molecular complexity index is 1410. The maximum atomic E-state index is 13.1. The smallest absolute Gasteiger partial charge is 0.433 e. The number of aryl methyl sites for hydroxylation is 1. The quantitative estimate of drug-likeness (QED) is 0.254. The first-order valence-electron chi connectivity index (χ1n) is 12.1. The van der Waals surface area contributed by atoms with Crippen LogP contribution in [0.5, 0.6) is 5.75 Å². The van der Waals surface area contributed by atoms with Crippen molar-refractivity contribution in [3.8, 4) is 17.2 Å². The number of hydrogen-bond donors (Lipinski definition) is 1. The number of rotatable bonds is 11. The van der Waals surface area contributed by atoms with Gasteiger partial charge in [-0.3, -0.25) is 4.79 Å². The van der Waals surface area contributed by atoms with E-state index in [-0.39, 0.29) is 25.5 Å². The number of carboxylic acid groups (broad SMARTS) is 1. The summed E-state index contributed by atoms with van der Waals surface area (Å²) in [6.45, 7) is 2.13. The van der Waals surface area contributed by atoms with Gasteiger partial charge >= 0.3 is 12.1 Å². The molecule has 0 amide bonds. The number of ether oxygens (including phenoxy) is 1. The van der Waals surface area contributed by atoms with Crippen molar-refractivity contribution in [2.24, 2.45) is 5.92 Å². The summed E-state index contributed by atoms with van der Waals surface area (Å²) in [7, 11) is 1.54. The Morgan fingerprint density at radius 3 is 2.59 bits per heavy atom. The van der Waals surface area contributed by atoms with E-state index in [1.54, 1.807) is 12.1 Å². The number of carboxylic acids is 1. The molecule has 0 saturated heterocycles. The zero-order valence-corrected chi connectivity index (χ0v) is 21.4. The molecule has 1 N–H and O–H groups in total. The average Bonchev–Trinajstić information content (AvgIpc) is 3.27. The first-order chi connectivity index (χ1) is 18.6. The third-order valence-electron chi connectivity index (χ3n) is 5.98. The van der Waals surface area contributed by atoms with Crippen LogP contribution in [-0.4, -0.2) is 39.6 Å². The van der Waals surface area contributed by atoms with Gasteiger partial charge in [-0.25, -0.2) is 15.0 Å². The molecule has 0 aliphatic rings. The van der Waals surface area contributed by atoms with E-state index in [4.69, 9.17) is 9.15 Å². The number of aromatic nitrogens is 3. The van der Waals surface area contributed by atoms with E-state index in [9.17, 15) is 23.1 Å². The van der Waals surface area contributed by atoms with Crippen molar-refractivity contribution in [2.45, 2.75) is 32.5 Å². The molecule has 8 nitrogen and oxygen atoms in total. The average molecular weight is 541 g/mol. The maximum absolute atomic E-state index is 13.1. The van der Waals surface area contributed by atoms with Crippen LogP contribution in [0.25, 0.3) is 11.5 Å². The molecule has 0 radical (unpaired) electrons. The van der Waals surface area contributed by atoms with E-state index < -0.39 is 23.8 Å². The number of halogens is 3. The molecule has 1 atom stereocenters. The van der Waals surface area contributed by atoms with Gasteiger partial charge in [-0.2, -0.15) is 13.2 Å². The Morgan fingerprint density at radius 2 is 1.87 bits per heavy atom. The molecule has 204 valence electrons. The van der Waals surface area contributed by atoms with Crippen LogP contribution >= 0.6 is 0 Å². The Kier molecular flexibility index (Phi) is 8.48. The van der Waals surface area contributed by atoms with Crippen LogP contribution in [0.2, 0.25) is 0 Å². The normalized spacial score (nSPS) is 12.2. The van der Waals surface area contributed by atoms with E-state index in [0.717, 1.165) is 23.4 Å². The monoisotopic (exact) mass is 540 g/mol. The molecule has 2 heterocycles. The summed E-state index contributed by atoms with van der Waals surface area (Å²) in [6, 6.07) is 17.6. The Morgan fingerprint density at radius 1 is 1.10 bits per heavy atom. The van der Waals surface area contributed by atoms with Crippen molar-refractivity contribution < 1.29 is 32.2 Å². The third-order valence-corrected chi connectivity index (χ3v) is 5.98. The molecule has 0 unspecified atom stereocenters. The first kappa shape index (κ1) is 27.6. The highest BCUT2D eigenvalue weighted by Crippen LogP contribution is 2.28. The van der Waals surface area contributed by atoms with Crippen LogP contribution in [0, 0.1) is 12.8 Å². The molecular weight excluding hydrogens is 513 g/mol. The fourth-order valence-corrected chi connectivity index (χ4v) is 4.12. The molecule has 0 spiro atoms. The molecular formula is C28H27F3N4O4. The summed E-state index contributed by atoms with van der Waals surface area (Å²) >= 11 is 0. The second-order valence-corrected chi connectivity index (χ2v) is 9.11. The number of carbonyl (C=O) groups is 1. The fraction of sp³-hybridized carbons (Fsp3) is 0.286. The highest BCUT2D eigenvalue weighted by molar-refractivity contribution is 5.67.